The molecule has 1 aromatic rings. The molecule has 0 heterocycles. The molecule has 0 aliphatic heterocycles. The van der Waals surface area contributed by atoms with E-state index in [0.29, 0.717) is 5.92 Å². The monoisotopic (exact) mass is 173 g/mol. The summed E-state index contributed by atoms with van der Waals surface area (Å²) in [5.74, 6) is 0.535. The Balaban J connectivity index is 3.33. The first-order valence-corrected chi connectivity index (χ1v) is 4.57. The summed E-state index contributed by atoms with van der Waals surface area (Å²) in [7, 11) is 0. The SMILES string of the molecule is Cc1cc(C#N)cc(C)c1C(C)C. The first-order chi connectivity index (χ1) is 6.06. The molecule has 0 saturated carbocycles. The van der Waals surface area contributed by atoms with Crippen LogP contribution in [0.4, 0.5) is 0 Å². The van der Waals surface area contributed by atoms with E-state index in [4.69, 9.17) is 5.26 Å². The largest absolute Gasteiger partial charge is 0.192 e. The molecule has 0 amide bonds. The highest BCUT2D eigenvalue weighted by atomic mass is 14.2. The maximum atomic E-state index is 8.77. The smallest absolute Gasteiger partial charge is 0.0991 e. The zero-order chi connectivity index (χ0) is 10.0. The molecule has 0 aliphatic rings. The van der Waals surface area contributed by atoms with Crippen molar-refractivity contribution in [3.05, 3.63) is 34.4 Å². The van der Waals surface area contributed by atoms with E-state index in [2.05, 4.69) is 33.8 Å². The number of hydrogen-bond donors (Lipinski definition) is 0. The van der Waals surface area contributed by atoms with E-state index in [0.717, 1.165) is 5.56 Å². The Morgan fingerprint density at radius 3 is 1.92 bits per heavy atom. The summed E-state index contributed by atoms with van der Waals surface area (Å²) in [6, 6.07) is 6.10. The minimum Gasteiger partial charge on any atom is -0.192 e. The van der Waals surface area contributed by atoms with Gasteiger partial charge in [-0.1, -0.05) is 13.8 Å². The molecule has 0 bridgehead atoms. The maximum absolute atomic E-state index is 8.77. The molecule has 0 aromatic heterocycles. The molecule has 68 valence electrons. The van der Waals surface area contributed by atoms with Crippen molar-refractivity contribution in [1.82, 2.24) is 0 Å². The molecule has 0 spiro atoms. The predicted octanol–water partition coefficient (Wildman–Crippen LogP) is 3.30. The average molecular weight is 173 g/mol. The molecule has 0 radical (unpaired) electrons. The maximum Gasteiger partial charge on any atom is 0.0991 e. The Hall–Kier alpha value is -1.29. The molecular formula is C12H15N. The van der Waals surface area contributed by atoms with Crippen molar-refractivity contribution < 1.29 is 0 Å². The van der Waals surface area contributed by atoms with Crippen LogP contribution in [0.25, 0.3) is 0 Å². The Kier molecular flexibility index (Phi) is 2.72. The van der Waals surface area contributed by atoms with E-state index in [-0.39, 0.29) is 0 Å². The van der Waals surface area contributed by atoms with Gasteiger partial charge in [-0.2, -0.15) is 5.26 Å². The van der Waals surface area contributed by atoms with Gasteiger partial charge in [0.1, 0.15) is 0 Å². The van der Waals surface area contributed by atoms with Gasteiger partial charge in [-0.15, -0.1) is 0 Å². The molecule has 0 atom stereocenters. The zero-order valence-corrected chi connectivity index (χ0v) is 8.68. The van der Waals surface area contributed by atoms with Crippen molar-refractivity contribution in [3.63, 3.8) is 0 Å². The van der Waals surface area contributed by atoms with Crippen LogP contribution in [-0.2, 0) is 0 Å². The topological polar surface area (TPSA) is 23.8 Å². The lowest BCUT2D eigenvalue weighted by molar-refractivity contribution is 0.846. The summed E-state index contributed by atoms with van der Waals surface area (Å²) in [6.45, 7) is 8.51. The summed E-state index contributed by atoms with van der Waals surface area (Å²) < 4.78 is 0. The van der Waals surface area contributed by atoms with Crippen molar-refractivity contribution in [1.29, 1.82) is 5.26 Å². The lowest BCUT2D eigenvalue weighted by atomic mass is 9.92. The van der Waals surface area contributed by atoms with Gasteiger partial charge >= 0.3 is 0 Å². The third-order valence-electron chi connectivity index (χ3n) is 2.30. The van der Waals surface area contributed by atoms with Gasteiger partial charge in [0.25, 0.3) is 0 Å². The second-order valence-corrected chi connectivity index (χ2v) is 3.79. The summed E-state index contributed by atoms with van der Waals surface area (Å²) in [5.41, 5.74) is 4.59. The van der Waals surface area contributed by atoms with Crippen molar-refractivity contribution in [2.24, 2.45) is 0 Å². The van der Waals surface area contributed by atoms with Crippen LogP contribution in [0.5, 0.6) is 0 Å². The highest BCUT2D eigenvalue weighted by molar-refractivity contribution is 5.44. The Morgan fingerprint density at radius 2 is 1.62 bits per heavy atom. The summed E-state index contributed by atoms with van der Waals surface area (Å²) in [6.07, 6.45) is 0. The van der Waals surface area contributed by atoms with Gasteiger partial charge in [0.05, 0.1) is 11.6 Å². The molecular weight excluding hydrogens is 158 g/mol. The Bertz CT molecular complexity index is 333. The molecule has 0 saturated heterocycles. The van der Waals surface area contributed by atoms with E-state index in [1.54, 1.807) is 0 Å². The van der Waals surface area contributed by atoms with Crippen LogP contribution in [0.15, 0.2) is 12.1 Å². The van der Waals surface area contributed by atoms with Crippen molar-refractivity contribution in [2.45, 2.75) is 33.6 Å². The Morgan fingerprint density at radius 1 is 1.15 bits per heavy atom. The van der Waals surface area contributed by atoms with Crippen LogP contribution in [0.2, 0.25) is 0 Å². The predicted molar refractivity (Wildman–Crippen MR) is 54.7 cm³/mol. The summed E-state index contributed by atoms with van der Waals surface area (Å²) in [4.78, 5) is 0. The number of nitrogens with zero attached hydrogens (tertiary/aromatic N) is 1. The summed E-state index contributed by atoms with van der Waals surface area (Å²) >= 11 is 0. The van der Waals surface area contributed by atoms with E-state index in [9.17, 15) is 0 Å². The van der Waals surface area contributed by atoms with Crippen LogP contribution in [0.3, 0.4) is 0 Å². The molecule has 0 unspecified atom stereocenters. The molecule has 0 N–H and O–H groups in total. The summed E-state index contributed by atoms with van der Waals surface area (Å²) in [5, 5.41) is 8.77. The second-order valence-electron chi connectivity index (χ2n) is 3.79. The van der Waals surface area contributed by atoms with Gasteiger partial charge in [0, 0.05) is 0 Å². The zero-order valence-electron chi connectivity index (χ0n) is 8.68. The van der Waals surface area contributed by atoms with Gasteiger partial charge in [0.15, 0.2) is 0 Å². The minimum atomic E-state index is 0.535. The van der Waals surface area contributed by atoms with E-state index >= 15 is 0 Å². The van der Waals surface area contributed by atoms with Crippen molar-refractivity contribution >= 4 is 0 Å². The van der Waals surface area contributed by atoms with Gasteiger partial charge in [-0.3, -0.25) is 0 Å². The van der Waals surface area contributed by atoms with E-state index < -0.39 is 0 Å². The number of nitriles is 1. The highest BCUT2D eigenvalue weighted by Gasteiger charge is 2.07. The van der Waals surface area contributed by atoms with Crippen LogP contribution in [0.1, 0.15) is 42.0 Å². The lowest BCUT2D eigenvalue weighted by Gasteiger charge is -2.13. The number of aryl methyl sites for hydroxylation is 2. The van der Waals surface area contributed by atoms with Crippen LogP contribution >= 0.6 is 0 Å². The first kappa shape index (κ1) is 9.80. The molecule has 1 aromatic carbocycles. The average Bonchev–Trinajstić information content (AvgIpc) is 2.02. The quantitative estimate of drug-likeness (QED) is 0.639. The van der Waals surface area contributed by atoms with Gasteiger partial charge in [-0.05, 0) is 48.6 Å². The molecule has 1 heteroatoms. The van der Waals surface area contributed by atoms with Crippen LogP contribution in [-0.4, -0.2) is 0 Å². The standard InChI is InChI=1S/C12H15N/c1-8(2)12-9(3)5-11(7-13)6-10(12)4/h5-6,8H,1-4H3. The fourth-order valence-corrected chi connectivity index (χ4v) is 1.95. The lowest BCUT2D eigenvalue weighted by Crippen LogP contribution is -1.97. The fraction of sp³-hybridized carbons (Fsp3) is 0.417. The van der Waals surface area contributed by atoms with Gasteiger partial charge in [0.2, 0.25) is 0 Å². The van der Waals surface area contributed by atoms with E-state index in [1.165, 1.54) is 16.7 Å². The molecule has 0 fully saturated rings. The molecule has 1 nitrogen and oxygen atoms in total. The van der Waals surface area contributed by atoms with E-state index in [1.807, 2.05) is 12.1 Å². The minimum absolute atomic E-state index is 0.535. The first-order valence-electron chi connectivity index (χ1n) is 4.57. The van der Waals surface area contributed by atoms with Gasteiger partial charge in [-0.25, -0.2) is 0 Å². The Labute approximate surface area is 80.0 Å². The third-order valence-corrected chi connectivity index (χ3v) is 2.30. The van der Waals surface area contributed by atoms with Crippen LogP contribution < -0.4 is 0 Å². The fourth-order valence-electron chi connectivity index (χ4n) is 1.95. The third kappa shape index (κ3) is 1.89. The van der Waals surface area contributed by atoms with Crippen LogP contribution in [0, 0.1) is 25.2 Å². The molecule has 0 aliphatic carbocycles. The van der Waals surface area contributed by atoms with Gasteiger partial charge < -0.3 is 0 Å². The normalized spacial score (nSPS) is 10.2. The van der Waals surface area contributed by atoms with Crippen molar-refractivity contribution in [3.8, 4) is 6.07 Å². The number of hydrogen-bond acceptors (Lipinski definition) is 1. The molecule has 13 heavy (non-hydrogen) atoms. The second kappa shape index (κ2) is 3.62. The number of rotatable bonds is 1. The number of benzene rings is 1. The van der Waals surface area contributed by atoms with Crippen molar-refractivity contribution in [2.75, 3.05) is 0 Å². The molecule has 1 rings (SSSR count). The highest BCUT2D eigenvalue weighted by Crippen LogP contribution is 2.24.